The van der Waals surface area contributed by atoms with Crippen molar-refractivity contribution >= 4 is 46.1 Å². The number of hydrogen-bond acceptors (Lipinski definition) is 1. The first-order valence-corrected chi connectivity index (χ1v) is 11.0. The van der Waals surface area contributed by atoms with Crippen LogP contribution in [0.1, 0.15) is 35.1 Å². The molecule has 0 amide bonds. The minimum absolute atomic E-state index is 1.06. The Balaban J connectivity index is 1.61. The first kappa shape index (κ1) is 17.7. The number of nitrogens with zero attached hydrogens (tertiary/aromatic N) is 1. The van der Waals surface area contributed by atoms with Gasteiger partial charge in [0.25, 0.3) is 0 Å². The van der Waals surface area contributed by atoms with Crippen LogP contribution in [-0.2, 0) is 12.8 Å². The molecular formula is C26H22IN. The molecule has 0 saturated carbocycles. The molecule has 0 saturated heterocycles. The van der Waals surface area contributed by atoms with E-state index in [0.29, 0.717) is 0 Å². The summed E-state index contributed by atoms with van der Waals surface area (Å²) in [5.74, 6) is 0. The maximum absolute atomic E-state index is 2.48. The van der Waals surface area contributed by atoms with Crippen molar-refractivity contribution in [2.45, 2.75) is 25.7 Å². The Morgan fingerprint density at radius 1 is 0.571 bits per heavy atom. The van der Waals surface area contributed by atoms with Crippen LogP contribution in [-0.4, -0.2) is 0 Å². The molecule has 0 fully saturated rings. The molecule has 0 aliphatic heterocycles. The van der Waals surface area contributed by atoms with Crippen LogP contribution in [0.15, 0.2) is 82.1 Å². The van der Waals surface area contributed by atoms with Gasteiger partial charge in [0.2, 0.25) is 0 Å². The number of anilines is 2. The van der Waals surface area contributed by atoms with Gasteiger partial charge in [0.1, 0.15) is 0 Å². The standard InChI is InChI=1S/C26H22IN/c27-21-13-15-25-19(17-21)11-12-20-18-24(14-16-26(20)25)28(22-7-3-1-4-8-22)23-9-5-2-6-10-23/h1-12,17-18H,13-16H2. The van der Waals surface area contributed by atoms with Gasteiger partial charge in [-0.05, 0) is 111 Å². The van der Waals surface area contributed by atoms with Gasteiger partial charge in [0.15, 0.2) is 0 Å². The molecule has 3 aromatic carbocycles. The third-order valence-corrected chi connectivity index (χ3v) is 6.55. The van der Waals surface area contributed by atoms with Crippen molar-refractivity contribution < 1.29 is 0 Å². The molecule has 138 valence electrons. The van der Waals surface area contributed by atoms with Crippen LogP contribution in [0.5, 0.6) is 0 Å². The molecule has 2 aliphatic carbocycles. The van der Waals surface area contributed by atoms with E-state index in [1.54, 1.807) is 11.1 Å². The van der Waals surface area contributed by atoms with Gasteiger partial charge in [-0.2, -0.15) is 0 Å². The predicted octanol–water partition coefficient (Wildman–Crippen LogP) is 7.53. The number of rotatable bonds is 3. The third kappa shape index (κ3) is 3.30. The van der Waals surface area contributed by atoms with Crippen LogP contribution in [0.2, 0.25) is 0 Å². The van der Waals surface area contributed by atoms with E-state index in [1.165, 1.54) is 44.6 Å². The molecule has 0 heterocycles. The Bertz CT molecular complexity index is 1020. The monoisotopic (exact) mass is 475 g/mol. The van der Waals surface area contributed by atoms with E-state index >= 15 is 0 Å². The van der Waals surface area contributed by atoms with Gasteiger partial charge in [-0.3, -0.25) is 0 Å². The molecule has 0 unspecified atom stereocenters. The second kappa shape index (κ2) is 7.59. The van der Waals surface area contributed by atoms with Crippen LogP contribution < -0.4 is 4.90 Å². The maximum atomic E-state index is 2.48. The zero-order valence-corrected chi connectivity index (χ0v) is 17.9. The zero-order chi connectivity index (χ0) is 18.9. The SMILES string of the molecule is IC1=Cc2ccc3c(c2CC1)CCC(N(c1ccccc1)c1ccccc1)=C3. The molecule has 0 radical (unpaired) electrons. The smallest absolute Gasteiger partial charge is 0.0458 e. The van der Waals surface area contributed by atoms with Gasteiger partial charge in [0.05, 0.1) is 0 Å². The highest BCUT2D eigenvalue weighted by Crippen LogP contribution is 2.39. The fourth-order valence-corrected chi connectivity index (χ4v) is 5.00. The highest BCUT2D eigenvalue weighted by atomic mass is 127. The van der Waals surface area contributed by atoms with E-state index in [0.717, 1.165) is 12.8 Å². The quantitative estimate of drug-likeness (QED) is 0.354. The second-order valence-corrected chi connectivity index (χ2v) is 8.82. The average molecular weight is 475 g/mol. The zero-order valence-electron chi connectivity index (χ0n) is 15.7. The highest BCUT2D eigenvalue weighted by molar-refractivity contribution is 14.1. The van der Waals surface area contributed by atoms with Crippen LogP contribution in [0.4, 0.5) is 11.4 Å². The lowest BCUT2D eigenvalue weighted by Crippen LogP contribution is -2.20. The van der Waals surface area contributed by atoms with Gasteiger partial charge in [0, 0.05) is 17.1 Å². The van der Waals surface area contributed by atoms with Crippen molar-refractivity contribution in [3.05, 3.63) is 104 Å². The highest BCUT2D eigenvalue weighted by Gasteiger charge is 2.22. The van der Waals surface area contributed by atoms with Crippen molar-refractivity contribution in [3.8, 4) is 0 Å². The number of benzene rings is 3. The van der Waals surface area contributed by atoms with Gasteiger partial charge in [-0.15, -0.1) is 0 Å². The van der Waals surface area contributed by atoms with Crippen LogP contribution >= 0.6 is 22.6 Å². The summed E-state index contributed by atoms with van der Waals surface area (Å²) in [4.78, 5) is 2.41. The van der Waals surface area contributed by atoms with Crippen molar-refractivity contribution in [1.82, 2.24) is 0 Å². The lowest BCUT2D eigenvalue weighted by Gasteiger charge is -2.31. The summed E-state index contributed by atoms with van der Waals surface area (Å²) in [6.07, 6.45) is 9.30. The normalized spacial score (nSPS) is 15.2. The van der Waals surface area contributed by atoms with E-state index in [4.69, 9.17) is 0 Å². The second-order valence-electron chi connectivity index (χ2n) is 7.43. The van der Waals surface area contributed by atoms with Crippen LogP contribution in [0.25, 0.3) is 12.2 Å². The lowest BCUT2D eigenvalue weighted by atomic mass is 9.84. The predicted molar refractivity (Wildman–Crippen MR) is 128 cm³/mol. The molecule has 0 N–H and O–H groups in total. The van der Waals surface area contributed by atoms with Gasteiger partial charge < -0.3 is 4.90 Å². The van der Waals surface area contributed by atoms with Gasteiger partial charge in [-0.25, -0.2) is 0 Å². The maximum Gasteiger partial charge on any atom is 0.0458 e. The molecule has 0 atom stereocenters. The Morgan fingerprint density at radius 3 is 1.71 bits per heavy atom. The van der Waals surface area contributed by atoms with Crippen molar-refractivity contribution in [1.29, 1.82) is 0 Å². The molecular weight excluding hydrogens is 453 g/mol. The van der Waals surface area contributed by atoms with Gasteiger partial charge in [-0.1, -0.05) is 48.5 Å². The summed E-state index contributed by atoms with van der Waals surface area (Å²) in [6, 6.07) is 26.0. The number of allylic oxidation sites excluding steroid dienone is 2. The van der Waals surface area contributed by atoms with Crippen molar-refractivity contribution in [2.24, 2.45) is 0 Å². The number of para-hydroxylation sites is 2. The molecule has 2 heteroatoms. The largest absolute Gasteiger partial charge is 0.314 e. The van der Waals surface area contributed by atoms with E-state index < -0.39 is 0 Å². The minimum atomic E-state index is 1.06. The summed E-state index contributed by atoms with van der Waals surface area (Å²) >= 11 is 2.48. The van der Waals surface area contributed by atoms with Gasteiger partial charge >= 0.3 is 0 Å². The molecule has 2 aliphatic rings. The average Bonchev–Trinajstić information content (AvgIpc) is 2.75. The van der Waals surface area contributed by atoms with E-state index in [1.807, 2.05) is 0 Å². The number of fused-ring (bicyclic) bond motifs is 3. The molecule has 28 heavy (non-hydrogen) atoms. The topological polar surface area (TPSA) is 3.24 Å². The van der Waals surface area contributed by atoms with Crippen molar-refractivity contribution in [2.75, 3.05) is 4.90 Å². The van der Waals surface area contributed by atoms with Crippen molar-refractivity contribution in [3.63, 3.8) is 0 Å². The fourth-order valence-electron chi connectivity index (χ4n) is 4.39. The Kier molecular flexibility index (Phi) is 4.81. The van der Waals surface area contributed by atoms with E-state index in [2.05, 4.69) is 112 Å². The lowest BCUT2D eigenvalue weighted by molar-refractivity contribution is 0.859. The molecule has 5 rings (SSSR count). The fraction of sp³-hybridized carbons (Fsp3) is 0.154. The Morgan fingerprint density at radius 2 is 1.11 bits per heavy atom. The Labute approximate surface area is 180 Å². The number of hydrogen-bond donors (Lipinski definition) is 0. The molecule has 1 nitrogen and oxygen atoms in total. The van der Waals surface area contributed by atoms with E-state index in [-0.39, 0.29) is 0 Å². The summed E-state index contributed by atoms with van der Waals surface area (Å²) < 4.78 is 1.47. The van der Waals surface area contributed by atoms with E-state index in [9.17, 15) is 0 Å². The molecule has 3 aromatic rings. The molecule has 0 aromatic heterocycles. The van der Waals surface area contributed by atoms with Crippen LogP contribution in [0.3, 0.4) is 0 Å². The summed E-state index contributed by atoms with van der Waals surface area (Å²) in [7, 11) is 0. The summed E-state index contributed by atoms with van der Waals surface area (Å²) in [5, 5.41) is 0. The van der Waals surface area contributed by atoms with Crippen LogP contribution in [0, 0.1) is 0 Å². The molecule has 0 spiro atoms. The summed E-state index contributed by atoms with van der Waals surface area (Å²) in [6.45, 7) is 0. The summed E-state index contributed by atoms with van der Waals surface area (Å²) in [5.41, 5.74) is 9.75. The third-order valence-electron chi connectivity index (χ3n) is 5.70. The Hall–Kier alpha value is -2.33. The molecule has 0 bridgehead atoms. The first-order valence-electron chi connectivity index (χ1n) is 9.91. The first-order chi connectivity index (χ1) is 13.8. The number of halogens is 1. The minimum Gasteiger partial charge on any atom is -0.314 e.